The lowest BCUT2D eigenvalue weighted by atomic mass is 9.95. The van der Waals surface area contributed by atoms with Gasteiger partial charge in [0, 0.05) is 52.8 Å². The SMILES string of the molecule is Cc1cc(N2CCS(=O)CC2)ccc1Nc1nc(NC2CCCCC2)c2[nH]cnc2n1. The Hall–Kier alpha value is -2.68. The molecular formula is C22H29N7OS. The van der Waals surface area contributed by atoms with Crippen LogP contribution >= 0.6 is 0 Å². The van der Waals surface area contributed by atoms with Crippen molar-refractivity contribution in [2.75, 3.05) is 40.1 Å². The van der Waals surface area contributed by atoms with Gasteiger partial charge in [0.1, 0.15) is 5.52 Å². The highest BCUT2D eigenvalue weighted by molar-refractivity contribution is 7.85. The molecule has 1 aliphatic heterocycles. The van der Waals surface area contributed by atoms with E-state index in [4.69, 9.17) is 4.98 Å². The van der Waals surface area contributed by atoms with Crippen molar-refractivity contribution < 1.29 is 4.21 Å². The number of benzene rings is 1. The lowest BCUT2D eigenvalue weighted by Crippen LogP contribution is -2.37. The fourth-order valence-electron chi connectivity index (χ4n) is 4.44. The zero-order valence-electron chi connectivity index (χ0n) is 17.9. The minimum absolute atomic E-state index is 0.447. The molecule has 0 unspecified atom stereocenters. The van der Waals surface area contributed by atoms with Crippen molar-refractivity contribution in [3.05, 3.63) is 30.1 Å². The molecule has 1 saturated carbocycles. The van der Waals surface area contributed by atoms with Crippen LogP contribution in [0.5, 0.6) is 0 Å². The predicted octanol–water partition coefficient (Wildman–Crippen LogP) is 3.72. The van der Waals surface area contributed by atoms with Crippen molar-refractivity contribution in [3.8, 4) is 0 Å². The molecule has 0 bridgehead atoms. The van der Waals surface area contributed by atoms with Crippen molar-refractivity contribution in [2.24, 2.45) is 0 Å². The summed E-state index contributed by atoms with van der Waals surface area (Å²) >= 11 is 0. The van der Waals surface area contributed by atoms with Gasteiger partial charge in [-0.2, -0.15) is 9.97 Å². The number of nitrogens with one attached hydrogen (secondary N) is 3. The molecule has 164 valence electrons. The molecule has 3 heterocycles. The van der Waals surface area contributed by atoms with Gasteiger partial charge in [0.05, 0.1) is 6.33 Å². The number of aromatic nitrogens is 4. The Morgan fingerprint density at radius 2 is 1.94 bits per heavy atom. The molecule has 0 atom stereocenters. The fraction of sp³-hybridized carbons (Fsp3) is 0.500. The molecule has 1 aromatic carbocycles. The Morgan fingerprint density at radius 3 is 2.71 bits per heavy atom. The summed E-state index contributed by atoms with van der Waals surface area (Å²) in [6, 6.07) is 6.80. The Bertz CT molecular complexity index is 1080. The number of nitrogens with zero attached hydrogens (tertiary/aromatic N) is 4. The second kappa shape index (κ2) is 8.82. The first kappa shape index (κ1) is 20.2. The highest BCUT2D eigenvalue weighted by Gasteiger charge is 2.18. The maximum Gasteiger partial charge on any atom is 0.231 e. The van der Waals surface area contributed by atoms with E-state index in [1.54, 1.807) is 6.33 Å². The van der Waals surface area contributed by atoms with Crippen LogP contribution in [0.1, 0.15) is 37.7 Å². The van der Waals surface area contributed by atoms with Gasteiger partial charge in [-0.1, -0.05) is 19.3 Å². The smallest absolute Gasteiger partial charge is 0.231 e. The van der Waals surface area contributed by atoms with Gasteiger partial charge in [0.25, 0.3) is 0 Å². The summed E-state index contributed by atoms with van der Waals surface area (Å²) < 4.78 is 11.6. The molecule has 3 aromatic rings. The van der Waals surface area contributed by atoms with Crippen LogP contribution in [0.25, 0.3) is 11.2 Å². The number of rotatable bonds is 5. The Balaban J connectivity index is 1.36. The quantitative estimate of drug-likeness (QED) is 0.557. The average Bonchev–Trinajstić information content (AvgIpc) is 3.25. The number of aryl methyl sites for hydroxylation is 1. The first-order chi connectivity index (χ1) is 15.2. The molecule has 9 heteroatoms. The van der Waals surface area contributed by atoms with E-state index in [0.29, 0.717) is 17.6 Å². The topological polar surface area (TPSA) is 98.8 Å². The summed E-state index contributed by atoms with van der Waals surface area (Å²) in [6.07, 6.45) is 7.86. The van der Waals surface area contributed by atoms with Gasteiger partial charge in [0.2, 0.25) is 5.95 Å². The van der Waals surface area contributed by atoms with Gasteiger partial charge >= 0.3 is 0 Å². The molecule has 5 rings (SSSR count). The molecule has 1 saturated heterocycles. The van der Waals surface area contributed by atoms with Crippen LogP contribution in [-0.4, -0.2) is 54.8 Å². The van der Waals surface area contributed by atoms with Crippen molar-refractivity contribution in [3.63, 3.8) is 0 Å². The summed E-state index contributed by atoms with van der Waals surface area (Å²) in [7, 11) is -0.670. The fourth-order valence-corrected chi connectivity index (χ4v) is 5.49. The number of hydrogen-bond donors (Lipinski definition) is 3. The van der Waals surface area contributed by atoms with E-state index in [0.717, 1.165) is 47.2 Å². The monoisotopic (exact) mass is 439 g/mol. The molecule has 2 aromatic heterocycles. The summed E-state index contributed by atoms with van der Waals surface area (Å²) in [4.78, 5) is 19.2. The molecule has 2 fully saturated rings. The second-order valence-corrected chi connectivity index (χ2v) is 10.1. The average molecular weight is 440 g/mol. The van der Waals surface area contributed by atoms with E-state index < -0.39 is 10.8 Å². The molecule has 3 N–H and O–H groups in total. The predicted molar refractivity (Wildman–Crippen MR) is 127 cm³/mol. The zero-order valence-corrected chi connectivity index (χ0v) is 18.7. The number of hydrogen-bond acceptors (Lipinski definition) is 7. The maximum absolute atomic E-state index is 11.6. The van der Waals surface area contributed by atoms with E-state index >= 15 is 0 Å². The Labute approximate surface area is 184 Å². The van der Waals surface area contributed by atoms with Gasteiger partial charge in [-0.3, -0.25) is 4.21 Å². The standard InChI is InChI=1S/C22H29N7OS/c1-15-13-17(29-9-11-31(30)12-10-29)7-8-18(15)26-22-27-20-19(23-14-24-20)21(28-22)25-16-5-3-2-4-6-16/h7-8,13-14,16H,2-6,9-12H2,1H3,(H3,23,24,25,26,27,28). The zero-order chi connectivity index (χ0) is 21.2. The lowest BCUT2D eigenvalue weighted by molar-refractivity contribution is 0.462. The number of imidazole rings is 1. The molecule has 1 aliphatic carbocycles. The first-order valence-electron chi connectivity index (χ1n) is 11.1. The molecule has 0 radical (unpaired) electrons. The van der Waals surface area contributed by atoms with E-state index in [2.05, 4.69) is 55.6 Å². The number of anilines is 4. The Morgan fingerprint density at radius 1 is 1.13 bits per heavy atom. The minimum Gasteiger partial charge on any atom is -0.370 e. The van der Waals surface area contributed by atoms with Crippen LogP contribution < -0.4 is 15.5 Å². The van der Waals surface area contributed by atoms with Gasteiger partial charge in [-0.05, 0) is 43.5 Å². The second-order valence-electron chi connectivity index (χ2n) is 8.44. The molecule has 31 heavy (non-hydrogen) atoms. The maximum atomic E-state index is 11.6. The van der Waals surface area contributed by atoms with Gasteiger partial charge in [0.15, 0.2) is 11.5 Å². The van der Waals surface area contributed by atoms with Gasteiger partial charge < -0.3 is 20.5 Å². The largest absolute Gasteiger partial charge is 0.370 e. The highest BCUT2D eigenvalue weighted by atomic mass is 32.2. The van der Waals surface area contributed by atoms with Gasteiger partial charge in [-0.15, -0.1) is 0 Å². The third-order valence-corrected chi connectivity index (χ3v) is 7.51. The molecule has 0 spiro atoms. The summed E-state index contributed by atoms with van der Waals surface area (Å²) in [5.74, 6) is 2.84. The molecule has 2 aliphatic rings. The van der Waals surface area contributed by atoms with E-state index in [1.807, 2.05) is 0 Å². The Kier molecular flexibility index (Phi) is 5.76. The van der Waals surface area contributed by atoms with Crippen molar-refractivity contribution in [1.29, 1.82) is 0 Å². The van der Waals surface area contributed by atoms with Crippen LogP contribution in [0.4, 0.5) is 23.1 Å². The van der Waals surface area contributed by atoms with E-state index in [9.17, 15) is 4.21 Å². The van der Waals surface area contributed by atoms with Crippen molar-refractivity contribution >= 4 is 45.1 Å². The van der Waals surface area contributed by atoms with Crippen molar-refractivity contribution in [1.82, 2.24) is 19.9 Å². The van der Waals surface area contributed by atoms with E-state index in [-0.39, 0.29) is 0 Å². The highest BCUT2D eigenvalue weighted by Crippen LogP contribution is 2.28. The number of fused-ring (bicyclic) bond motifs is 1. The van der Waals surface area contributed by atoms with Crippen LogP contribution in [0.15, 0.2) is 24.5 Å². The molecule has 8 nitrogen and oxygen atoms in total. The normalized spacial score (nSPS) is 18.4. The third-order valence-electron chi connectivity index (χ3n) is 6.23. The van der Waals surface area contributed by atoms with Crippen LogP contribution in [0, 0.1) is 6.92 Å². The third kappa shape index (κ3) is 4.51. The molecular weight excluding hydrogens is 410 g/mol. The van der Waals surface area contributed by atoms with Crippen molar-refractivity contribution in [2.45, 2.75) is 45.1 Å². The number of aromatic amines is 1. The van der Waals surface area contributed by atoms with E-state index in [1.165, 1.54) is 37.8 Å². The lowest BCUT2D eigenvalue weighted by Gasteiger charge is -2.29. The van der Waals surface area contributed by atoms with Crippen LogP contribution in [-0.2, 0) is 10.8 Å². The minimum atomic E-state index is -0.670. The summed E-state index contributed by atoms with van der Waals surface area (Å²) in [6.45, 7) is 3.77. The van der Waals surface area contributed by atoms with Gasteiger partial charge in [-0.25, -0.2) is 4.98 Å². The summed E-state index contributed by atoms with van der Waals surface area (Å²) in [5, 5.41) is 7.00. The summed E-state index contributed by atoms with van der Waals surface area (Å²) in [5.41, 5.74) is 4.78. The van der Waals surface area contributed by atoms with Crippen LogP contribution in [0.3, 0.4) is 0 Å². The number of H-pyrrole nitrogens is 1. The van der Waals surface area contributed by atoms with Crippen LogP contribution in [0.2, 0.25) is 0 Å². The molecule has 0 amide bonds. The first-order valence-corrected chi connectivity index (χ1v) is 12.6.